The molecule has 0 spiro atoms. The maximum Gasteiger partial charge on any atom is 0.416 e. The van der Waals surface area contributed by atoms with E-state index in [2.05, 4.69) is 12.1 Å². The third-order valence-electron chi connectivity index (χ3n) is 4.73. The van der Waals surface area contributed by atoms with Gasteiger partial charge in [-0.3, -0.25) is 0 Å². The van der Waals surface area contributed by atoms with E-state index in [0.29, 0.717) is 11.1 Å². The molecule has 0 atom stereocenters. The van der Waals surface area contributed by atoms with Gasteiger partial charge in [0.2, 0.25) is 0 Å². The van der Waals surface area contributed by atoms with E-state index in [1.165, 1.54) is 12.1 Å². The number of allylic oxidation sites excluding steroid dienone is 1. The lowest BCUT2D eigenvalue weighted by molar-refractivity contribution is -0.137. The van der Waals surface area contributed by atoms with Gasteiger partial charge < -0.3 is 4.57 Å². The molecular weight excluding hydrogens is 373 g/mol. The predicted molar refractivity (Wildman–Crippen MR) is 108 cm³/mol. The Hall–Kier alpha value is -3.78. The quantitative estimate of drug-likeness (QED) is 0.358. The van der Waals surface area contributed by atoms with Gasteiger partial charge in [-0.1, -0.05) is 42.5 Å². The smallest absolute Gasteiger partial charge is 0.317 e. The van der Waals surface area contributed by atoms with Crippen molar-refractivity contribution in [3.8, 4) is 11.8 Å². The molecule has 2 nitrogen and oxygen atoms in total. The van der Waals surface area contributed by atoms with Crippen LogP contribution in [0.2, 0.25) is 0 Å². The first-order valence-electron chi connectivity index (χ1n) is 8.92. The summed E-state index contributed by atoms with van der Waals surface area (Å²) in [4.78, 5) is 0. The highest BCUT2D eigenvalue weighted by Gasteiger charge is 2.30. The normalized spacial score (nSPS) is 12.1. The fourth-order valence-corrected chi connectivity index (χ4v) is 3.24. The van der Waals surface area contributed by atoms with Crippen molar-refractivity contribution in [3.63, 3.8) is 0 Å². The fourth-order valence-electron chi connectivity index (χ4n) is 3.24. The summed E-state index contributed by atoms with van der Waals surface area (Å²) in [5, 5.41) is 11.8. The Balaban J connectivity index is 1.72. The fraction of sp³-hybridized carbons (Fsp3) is 0.0417. The largest absolute Gasteiger partial charge is 0.416 e. The van der Waals surface area contributed by atoms with Crippen molar-refractivity contribution >= 4 is 22.4 Å². The van der Waals surface area contributed by atoms with Gasteiger partial charge in [0.1, 0.15) is 0 Å². The molecule has 1 aromatic heterocycles. The van der Waals surface area contributed by atoms with Gasteiger partial charge in [0, 0.05) is 17.6 Å². The van der Waals surface area contributed by atoms with Crippen molar-refractivity contribution in [2.24, 2.45) is 0 Å². The van der Waals surface area contributed by atoms with Crippen LogP contribution in [0.5, 0.6) is 0 Å². The monoisotopic (exact) mass is 388 g/mol. The van der Waals surface area contributed by atoms with Crippen molar-refractivity contribution in [3.05, 3.63) is 102 Å². The van der Waals surface area contributed by atoms with Crippen LogP contribution in [-0.2, 0) is 6.18 Å². The molecule has 1 heterocycles. The Labute approximate surface area is 165 Å². The van der Waals surface area contributed by atoms with Crippen molar-refractivity contribution in [1.82, 2.24) is 4.57 Å². The van der Waals surface area contributed by atoms with E-state index in [4.69, 9.17) is 0 Å². The molecular formula is C24H15F3N2. The van der Waals surface area contributed by atoms with E-state index >= 15 is 0 Å². The van der Waals surface area contributed by atoms with Gasteiger partial charge in [-0.25, -0.2) is 0 Å². The van der Waals surface area contributed by atoms with E-state index in [0.717, 1.165) is 34.3 Å². The number of hydrogen-bond acceptors (Lipinski definition) is 1. The van der Waals surface area contributed by atoms with Crippen molar-refractivity contribution in [2.45, 2.75) is 6.18 Å². The first kappa shape index (κ1) is 18.6. The third kappa shape index (κ3) is 3.78. The van der Waals surface area contributed by atoms with Crippen LogP contribution in [-0.4, -0.2) is 4.57 Å². The zero-order chi connectivity index (χ0) is 20.4. The Kier molecular flexibility index (Phi) is 4.69. The molecule has 0 aliphatic carbocycles. The number of nitrogens with zero attached hydrogens (tertiary/aromatic N) is 2. The van der Waals surface area contributed by atoms with Crippen LogP contribution in [0.25, 0.3) is 28.1 Å². The van der Waals surface area contributed by atoms with Crippen LogP contribution in [0.3, 0.4) is 0 Å². The topological polar surface area (TPSA) is 28.7 Å². The molecule has 4 rings (SSSR count). The van der Waals surface area contributed by atoms with E-state index in [-0.39, 0.29) is 0 Å². The van der Waals surface area contributed by atoms with Crippen LogP contribution < -0.4 is 0 Å². The number of halogens is 3. The van der Waals surface area contributed by atoms with Gasteiger partial charge in [-0.15, -0.1) is 0 Å². The summed E-state index contributed by atoms with van der Waals surface area (Å²) < 4.78 is 40.3. The average molecular weight is 388 g/mol. The maximum atomic E-state index is 12.8. The molecule has 0 radical (unpaired) electrons. The van der Waals surface area contributed by atoms with Gasteiger partial charge in [0.15, 0.2) is 0 Å². The number of rotatable bonds is 3. The van der Waals surface area contributed by atoms with Crippen LogP contribution in [0, 0.1) is 11.3 Å². The maximum absolute atomic E-state index is 12.8. The van der Waals surface area contributed by atoms with Crippen molar-refractivity contribution in [1.29, 1.82) is 5.26 Å². The first-order chi connectivity index (χ1) is 14.0. The molecule has 142 valence electrons. The number of hydrogen-bond donors (Lipinski definition) is 0. The minimum atomic E-state index is -4.40. The molecule has 5 heteroatoms. The van der Waals surface area contributed by atoms with Crippen LogP contribution in [0.4, 0.5) is 13.2 Å². The number of fused-ring (bicyclic) bond motifs is 1. The van der Waals surface area contributed by atoms with Gasteiger partial charge in [0.25, 0.3) is 0 Å². The van der Waals surface area contributed by atoms with Gasteiger partial charge in [-0.05, 0) is 58.8 Å². The second-order valence-electron chi connectivity index (χ2n) is 6.58. The molecule has 0 aliphatic rings. The summed E-state index contributed by atoms with van der Waals surface area (Å²) in [6, 6.07) is 24.5. The Bertz CT molecular complexity index is 1240. The molecule has 0 fully saturated rings. The van der Waals surface area contributed by atoms with Crippen LogP contribution in [0.15, 0.2) is 85.1 Å². The molecule has 0 aliphatic heterocycles. The lowest BCUT2D eigenvalue weighted by Crippen LogP contribution is -2.04. The molecule has 0 saturated carbocycles. The predicted octanol–water partition coefficient (Wildman–Crippen LogP) is 6.71. The minimum Gasteiger partial charge on any atom is -0.317 e. The molecule has 0 N–H and O–H groups in total. The van der Waals surface area contributed by atoms with E-state index in [1.807, 2.05) is 59.3 Å². The Morgan fingerprint density at radius 1 is 0.862 bits per heavy atom. The highest BCUT2D eigenvalue weighted by molar-refractivity contribution is 5.90. The molecule has 0 saturated heterocycles. The Morgan fingerprint density at radius 2 is 1.59 bits per heavy atom. The van der Waals surface area contributed by atoms with Crippen LogP contribution >= 0.6 is 0 Å². The number of benzene rings is 3. The summed E-state index contributed by atoms with van der Waals surface area (Å²) >= 11 is 0. The minimum absolute atomic E-state index is 0.291. The van der Waals surface area contributed by atoms with Crippen LogP contribution in [0.1, 0.15) is 16.8 Å². The zero-order valence-electron chi connectivity index (χ0n) is 15.2. The van der Waals surface area contributed by atoms with Crippen molar-refractivity contribution < 1.29 is 13.2 Å². The summed E-state index contributed by atoms with van der Waals surface area (Å²) in [7, 11) is 0. The van der Waals surface area contributed by atoms with E-state index in [9.17, 15) is 18.4 Å². The summed E-state index contributed by atoms with van der Waals surface area (Å²) in [5.41, 5.74) is 1.69. The van der Waals surface area contributed by atoms with Gasteiger partial charge in [-0.2, -0.15) is 18.4 Å². The summed E-state index contributed by atoms with van der Waals surface area (Å²) in [5.74, 6) is 0. The van der Waals surface area contributed by atoms with E-state index < -0.39 is 11.7 Å². The number of aromatic nitrogens is 1. The molecule has 0 bridgehead atoms. The molecule has 0 unspecified atom stereocenters. The third-order valence-corrected chi connectivity index (χ3v) is 4.73. The SMILES string of the molecule is N#C/C(=C/c1cccn1-c1ccc2ccccc2c1)c1ccc(C(F)(F)F)cc1. The number of nitriles is 1. The second-order valence-corrected chi connectivity index (χ2v) is 6.58. The molecule has 3 aromatic carbocycles. The van der Waals surface area contributed by atoms with Gasteiger partial charge >= 0.3 is 6.18 Å². The summed E-state index contributed by atoms with van der Waals surface area (Å²) in [6.45, 7) is 0. The Morgan fingerprint density at radius 3 is 2.28 bits per heavy atom. The molecule has 4 aromatic rings. The zero-order valence-corrected chi connectivity index (χ0v) is 15.2. The second kappa shape index (κ2) is 7.33. The molecule has 0 amide bonds. The summed E-state index contributed by atoms with van der Waals surface area (Å²) in [6.07, 6.45) is -0.838. The molecule has 29 heavy (non-hydrogen) atoms. The average Bonchev–Trinajstić information content (AvgIpc) is 3.19. The number of alkyl halides is 3. The van der Waals surface area contributed by atoms with E-state index in [1.54, 1.807) is 6.08 Å². The lowest BCUT2D eigenvalue weighted by atomic mass is 10.0. The highest BCUT2D eigenvalue weighted by atomic mass is 19.4. The first-order valence-corrected chi connectivity index (χ1v) is 8.92. The highest BCUT2D eigenvalue weighted by Crippen LogP contribution is 2.30. The van der Waals surface area contributed by atoms with Gasteiger partial charge in [0.05, 0.1) is 17.2 Å². The van der Waals surface area contributed by atoms with Crippen molar-refractivity contribution in [2.75, 3.05) is 0 Å². The standard InChI is InChI=1S/C24H15F3N2/c25-24(26,27)21-10-7-18(8-11-21)20(16-28)15-22-6-3-13-29(22)23-12-9-17-4-1-2-5-19(17)14-23/h1-15H/b20-15-. The lowest BCUT2D eigenvalue weighted by Gasteiger charge is -2.10.